The lowest BCUT2D eigenvalue weighted by atomic mass is 9.97. The predicted octanol–water partition coefficient (Wildman–Crippen LogP) is 3.65. The molecule has 1 unspecified atom stereocenters. The summed E-state index contributed by atoms with van der Waals surface area (Å²) < 4.78 is 0.903. The van der Waals surface area contributed by atoms with Crippen LogP contribution < -0.4 is 5.73 Å². The molecule has 3 heteroatoms. The van der Waals surface area contributed by atoms with E-state index in [1.807, 2.05) is 6.07 Å². The minimum atomic E-state index is 0.134. The SMILES string of the molecule is CCC(C)CC(=O)c1ccc(Br)cc1N. The Bertz CT molecular complexity index is 363. The predicted molar refractivity (Wildman–Crippen MR) is 67.0 cm³/mol. The van der Waals surface area contributed by atoms with E-state index < -0.39 is 0 Å². The summed E-state index contributed by atoms with van der Waals surface area (Å²) in [6.07, 6.45) is 1.59. The normalized spacial score (nSPS) is 12.5. The Hall–Kier alpha value is -0.830. The zero-order valence-electron chi connectivity index (χ0n) is 9.09. The molecule has 0 saturated heterocycles. The molecule has 2 nitrogen and oxygen atoms in total. The van der Waals surface area contributed by atoms with Crippen LogP contribution in [0.15, 0.2) is 22.7 Å². The summed E-state index contributed by atoms with van der Waals surface area (Å²) in [5.41, 5.74) is 6.98. The van der Waals surface area contributed by atoms with Gasteiger partial charge in [0.1, 0.15) is 0 Å². The number of Topliss-reactive ketones (excluding diaryl/α,β-unsaturated/α-hetero) is 1. The minimum Gasteiger partial charge on any atom is -0.398 e. The number of nitrogen functional groups attached to an aromatic ring is 1. The van der Waals surface area contributed by atoms with Crippen LogP contribution in [0, 0.1) is 5.92 Å². The fourth-order valence-corrected chi connectivity index (χ4v) is 1.74. The number of ketones is 1. The maximum absolute atomic E-state index is 11.9. The van der Waals surface area contributed by atoms with Gasteiger partial charge < -0.3 is 5.73 Å². The van der Waals surface area contributed by atoms with Crippen molar-refractivity contribution in [1.29, 1.82) is 0 Å². The van der Waals surface area contributed by atoms with Crippen LogP contribution in [0.4, 0.5) is 5.69 Å². The van der Waals surface area contributed by atoms with Gasteiger partial charge in [0.2, 0.25) is 0 Å². The number of nitrogens with two attached hydrogens (primary N) is 1. The molecule has 0 bridgehead atoms. The molecule has 0 spiro atoms. The second-order valence-corrected chi connectivity index (χ2v) is 4.79. The number of hydrogen-bond donors (Lipinski definition) is 1. The summed E-state index contributed by atoms with van der Waals surface area (Å²) in [7, 11) is 0. The molecule has 0 radical (unpaired) electrons. The molecule has 0 saturated carbocycles. The third-order valence-corrected chi connectivity index (χ3v) is 3.04. The maximum Gasteiger partial charge on any atom is 0.165 e. The fraction of sp³-hybridized carbons (Fsp3) is 0.417. The van der Waals surface area contributed by atoms with Crippen molar-refractivity contribution in [3.05, 3.63) is 28.2 Å². The van der Waals surface area contributed by atoms with Crippen molar-refractivity contribution < 1.29 is 4.79 Å². The average Bonchev–Trinajstić information content (AvgIpc) is 2.17. The summed E-state index contributed by atoms with van der Waals surface area (Å²) in [4.78, 5) is 11.9. The molecule has 0 heterocycles. The van der Waals surface area contributed by atoms with E-state index in [0.717, 1.165) is 10.9 Å². The van der Waals surface area contributed by atoms with Crippen LogP contribution >= 0.6 is 15.9 Å². The van der Waals surface area contributed by atoms with Gasteiger partial charge in [0.25, 0.3) is 0 Å². The molecule has 0 aliphatic rings. The van der Waals surface area contributed by atoms with Gasteiger partial charge in [-0.05, 0) is 24.1 Å². The summed E-state index contributed by atoms with van der Waals surface area (Å²) in [5.74, 6) is 0.551. The van der Waals surface area contributed by atoms with Crippen molar-refractivity contribution in [3.8, 4) is 0 Å². The van der Waals surface area contributed by atoms with Gasteiger partial charge in [0.05, 0.1) is 0 Å². The lowest BCUT2D eigenvalue weighted by Crippen LogP contribution is -2.08. The molecule has 0 fully saturated rings. The molecule has 15 heavy (non-hydrogen) atoms. The Kier molecular flexibility index (Phi) is 4.33. The van der Waals surface area contributed by atoms with E-state index in [1.54, 1.807) is 12.1 Å². The van der Waals surface area contributed by atoms with Crippen LogP contribution in [0.2, 0.25) is 0 Å². The summed E-state index contributed by atoms with van der Waals surface area (Å²) >= 11 is 3.32. The largest absolute Gasteiger partial charge is 0.398 e. The Labute approximate surface area is 99.0 Å². The van der Waals surface area contributed by atoms with Gasteiger partial charge in [-0.15, -0.1) is 0 Å². The standard InChI is InChI=1S/C12H16BrNO/c1-3-8(2)6-12(15)10-5-4-9(13)7-11(10)14/h4-5,7-8H,3,6,14H2,1-2H3. The first-order valence-corrected chi connectivity index (χ1v) is 5.92. The van der Waals surface area contributed by atoms with Crippen molar-refractivity contribution in [2.75, 3.05) is 5.73 Å². The number of rotatable bonds is 4. The Morgan fingerprint density at radius 3 is 2.73 bits per heavy atom. The van der Waals surface area contributed by atoms with Crippen LogP contribution in [-0.4, -0.2) is 5.78 Å². The number of anilines is 1. The second-order valence-electron chi connectivity index (χ2n) is 3.87. The first-order chi connectivity index (χ1) is 7.04. The highest BCUT2D eigenvalue weighted by Crippen LogP contribution is 2.21. The molecular weight excluding hydrogens is 254 g/mol. The van der Waals surface area contributed by atoms with Crippen LogP contribution in [0.5, 0.6) is 0 Å². The van der Waals surface area contributed by atoms with Gasteiger partial charge in [-0.25, -0.2) is 0 Å². The van der Waals surface area contributed by atoms with Gasteiger partial charge >= 0.3 is 0 Å². The first kappa shape index (κ1) is 12.2. The van der Waals surface area contributed by atoms with Crippen LogP contribution in [0.3, 0.4) is 0 Å². The zero-order chi connectivity index (χ0) is 11.4. The highest BCUT2D eigenvalue weighted by atomic mass is 79.9. The maximum atomic E-state index is 11.9. The molecule has 82 valence electrons. The topological polar surface area (TPSA) is 43.1 Å². The Balaban J connectivity index is 2.82. The summed E-state index contributed by atoms with van der Waals surface area (Å²) in [5, 5.41) is 0. The van der Waals surface area contributed by atoms with Crippen molar-refractivity contribution in [2.24, 2.45) is 5.92 Å². The monoisotopic (exact) mass is 269 g/mol. The number of benzene rings is 1. The van der Waals surface area contributed by atoms with E-state index in [9.17, 15) is 4.79 Å². The molecule has 0 aliphatic carbocycles. The molecule has 1 aromatic carbocycles. The van der Waals surface area contributed by atoms with Gasteiger partial charge in [-0.2, -0.15) is 0 Å². The van der Waals surface area contributed by atoms with Gasteiger partial charge in [0.15, 0.2) is 5.78 Å². The molecule has 0 aromatic heterocycles. The van der Waals surface area contributed by atoms with E-state index >= 15 is 0 Å². The molecule has 1 atom stereocenters. The molecule has 2 N–H and O–H groups in total. The van der Waals surface area contributed by atoms with Crippen LogP contribution in [0.25, 0.3) is 0 Å². The quantitative estimate of drug-likeness (QED) is 0.670. The van der Waals surface area contributed by atoms with Crippen molar-refractivity contribution in [1.82, 2.24) is 0 Å². The Morgan fingerprint density at radius 2 is 2.20 bits per heavy atom. The van der Waals surface area contributed by atoms with Crippen molar-refractivity contribution in [2.45, 2.75) is 26.7 Å². The third kappa shape index (κ3) is 3.34. The van der Waals surface area contributed by atoms with Crippen LogP contribution in [0.1, 0.15) is 37.0 Å². The number of halogens is 1. The van der Waals surface area contributed by atoms with Gasteiger partial charge in [-0.1, -0.05) is 36.2 Å². The highest BCUT2D eigenvalue weighted by Gasteiger charge is 2.12. The van der Waals surface area contributed by atoms with Crippen molar-refractivity contribution >= 4 is 27.4 Å². The fourth-order valence-electron chi connectivity index (χ4n) is 1.36. The summed E-state index contributed by atoms with van der Waals surface area (Å²) in [6, 6.07) is 5.40. The molecular formula is C12H16BrNO. The highest BCUT2D eigenvalue weighted by molar-refractivity contribution is 9.10. The molecule has 1 rings (SSSR count). The van der Waals surface area contributed by atoms with E-state index in [1.165, 1.54) is 0 Å². The number of carbonyl (C=O) groups is 1. The van der Waals surface area contributed by atoms with Crippen molar-refractivity contribution in [3.63, 3.8) is 0 Å². The smallest absolute Gasteiger partial charge is 0.165 e. The third-order valence-electron chi connectivity index (χ3n) is 2.54. The number of hydrogen-bond acceptors (Lipinski definition) is 2. The lowest BCUT2D eigenvalue weighted by molar-refractivity contribution is 0.0964. The average molecular weight is 270 g/mol. The Morgan fingerprint density at radius 1 is 1.53 bits per heavy atom. The molecule has 0 amide bonds. The van der Waals surface area contributed by atoms with E-state index in [-0.39, 0.29) is 5.78 Å². The van der Waals surface area contributed by atoms with E-state index in [0.29, 0.717) is 23.6 Å². The molecule has 0 aliphatic heterocycles. The second kappa shape index (κ2) is 5.31. The van der Waals surface area contributed by atoms with Gasteiger partial charge in [-0.3, -0.25) is 4.79 Å². The number of carbonyl (C=O) groups excluding carboxylic acids is 1. The minimum absolute atomic E-state index is 0.134. The van der Waals surface area contributed by atoms with E-state index in [4.69, 9.17) is 5.73 Å². The van der Waals surface area contributed by atoms with E-state index in [2.05, 4.69) is 29.8 Å². The van der Waals surface area contributed by atoms with Crippen LogP contribution in [-0.2, 0) is 0 Å². The first-order valence-electron chi connectivity index (χ1n) is 5.12. The lowest BCUT2D eigenvalue weighted by Gasteiger charge is -2.09. The molecule has 1 aromatic rings. The van der Waals surface area contributed by atoms with Gasteiger partial charge in [0, 0.05) is 22.1 Å². The zero-order valence-corrected chi connectivity index (χ0v) is 10.7. The summed E-state index contributed by atoms with van der Waals surface area (Å²) in [6.45, 7) is 4.16.